The van der Waals surface area contributed by atoms with Crippen LogP contribution in [0, 0.1) is 46.8 Å². The third-order valence-corrected chi connectivity index (χ3v) is 23.8. The fourth-order valence-corrected chi connectivity index (χ4v) is 19.8. The number of hydrogen-bond donors (Lipinski definition) is 0. The van der Waals surface area contributed by atoms with Crippen LogP contribution in [0.2, 0.25) is 0 Å². The molecule has 1 heterocycles. The Bertz CT molecular complexity index is 3850. The number of anilines is 1. The minimum absolute atomic E-state index is 0.00435. The van der Waals surface area contributed by atoms with Crippen molar-refractivity contribution in [2.75, 3.05) is 4.90 Å². The minimum Gasteiger partial charge on any atom is -0.370 e. The molecule has 0 N–H and O–H groups in total. The van der Waals surface area contributed by atoms with Gasteiger partial charge in [-0.3, -0.25) is 0 Å². The Balaban J connectivity index is 0.832. The second-order valence-corrected chi connectivity index (χ2v) is 28.4. The summed E-state index contributed by atoms with van der Waals surface area (Å²) < 4.78 is 69.8. The summed E-state index contributed by atoms with van der Waals surface area (Å²) in [5, 5.41) is 0. The first-order valence-corrected chi connectivity index (χ1v) is 33.7. The Morgan fingerprint density at radius 1 is 0.663 bits per heavy atom. The molecule has 1 aliphatic heterocycles. The topological polar surface area (TPSA) is 15.7 Å². The molecule has 14 aliphatic rings. The maximum Gasteiger partial charge on any atom is 0.157 e. The van der Waals surface area contributed by atoms with E-state index < -0.39 is 23.7 Å². The molecule has 0 bridgehead atoms. The summed E-state index contributed by atoms with van der Waals surface area (Å²) in [5.74, 6) is -0.505. The number of ether oxygens (including phenoxy) is 1. The first-order chi connectivity index (χ1) is 43.3. The number of alkyl halides is 1. The number of hydrogen-bond acceptors (Lipinski definition) is 3. The van der Waals surface area contributed by atoms with Crippen molar-refractivity contribution in [3.05, 3.63) is 278 Å². The second-order valence-electron chi connectivity index (χ2n) is 28.4. The highest BCUT2D eigenvalue weighted by atomic mass is 19.2. The van der Waals surface area contributed by atoms with Gasteiger partial charge in [0.2, 0.25) is 0 Å². The van der Waals surface area contributed by atoms with Crippen LogP contribution in [0.3, 0.4) is 0 Å². The maximum atomic E-state index is 16.1. The molecule has 1 aromatic carbocycles. The van der Waals surface area contributed by atoms with Gasteiger partial charge in [-0.1, -0.05) is 162 Å². The van der Waals surface area contributed by atoms with Crippen molar-refractivity contribution in [2.24, 2.45) is 46.8 Å². The first kappa shape index (κ1) is 58.4. The van der Waals surface area contributed by atoms with Crippen LogP contribution in [0.1, 0.15) is 147 Å². The summed E-state index contributed by atoms with van der Waals surface area (Å²) in [6.07, 6.45) is 61.9. The molecule has 13 aliphatic carbocycles. The van der Waals surface area contributed by atoms with Gasteiger partial charge < -0.3 is 14.5 Å². The van der Waals surface area contributed by atoms with Gasteiger partial charge in [0.05, 0.1) is 18.2 Å². The van der Waals surface area contributed by atoms with E-state index in [0.29, 0.717) is 24.7 Å². The summed E-state index contributed by atoms with van der Waals surface area (Å²) in [7, 11) is 0. The Hall–Kier alpha value is -6.96. The maximum absolute atomic E-state index is 16.1. The molecule has 14 atom stereocenters. The molecule has 458 valence electrons. The van der Waals surface area contributed by atoms with Gasteiger partial charge in [-0.05, 0) is 217 Å². The van der Waals surface area contributed by atoms with Gasteiger partial charge in [-0.25, -0.2) is 17.6 Å². The monoisotopic (exact) mass is 1190 g/mol. The largest absolute Gasteiger partial charge is 0.370 e. The minimum atomic E-state index is -1.75. The molecule has 15 rings (SSSR count). The fraction of sp³-hybridized carbons (Fsp3) is 0.415. The predicted molar refractivity (Wildman–Crippen MR) is 355 cm³/mol. The van der Waals surface area contributed by atoms with E-state index in [2.05, 4.69) is 184 Å². The van der Waals surface area contributed by atoms with E-state index in [4.69, 9.17) is 4.74 Å². The van der Waals surface area contributed by atoms with Crippen LogP contribution in [0.15, 0.2) is 267 Å². The van der Waals surface area contributed by atoms with E-state index in [1.54, 1.807) is 11.1 Å². The third kappa shape index (κ3) is 9.48. The molecule has 14 unspecified atom stereocenters. The van der Waals surface area contributed by atoms with Crippen LogP contribution < -0.4 is 4.90 Å². The van der Waals surface area contributed by atoms with E-state index in [1.807, 2.05) is 12.2 Å². The molecule has 1 saturated heterocycles. The number of nitrogens with zero attached hydrogens (tertiary/aromatic N) is 2. The van der Waals surface area contributed by atoms with Crippen molar-refractivity contribution in [1.82, 2.24) is 4.90 Å². The average Bonchev–Trinajstić information content (AvgIpc) is 1.58. The van der Waals surface area contributed by atoms with E-state index in [0.717, 1.165) is 111 Å². The lowest BCUT2D eigenvalue weighted by Gasteiger charge is -2.51. The number of allylic oxidation sites excluding steroid dienone is 34. The van der Waals surface area contributed by atoms with Crippen LogP contribution in [0.5, 0.6) is 0 Å². The summed E-state index contributed by atoms with van der Waals surface area (Å²) >= 11 is 0. The van der Waals surface area contributed by atoms with Gasteiger partial charge in [-0.15, -0.1) is 6.58 Å². The lowest BCUT2D eigenvalue weighted by Crippen LogP contribution is -2.45. The zero-order valence-electron chi connectivity index (χ0n) is 52.5. The molecule has 89 heavy (non-hydrogen) atoms. The highest BCUT2D eigenvalue weighted by Gasteiger charge is 2.60. The van der Waals surface area contributed by atoms with Crippen molar-refractivity contribution in [2.45, 2.75) is 166 Å². The highest BCUT2D eigenvalue weighted by Crippen LogP contribution is 2.68. The highest BCUT2D eigenvalue weighted by molar-refractivity contribution is 5.69. The zero-order chi connectivity index (χ0) is 61.0. The molecular weight excluding hydrogens is 1100 g/mol. The Labute approximate surface area is 526 Å². The molecule has 0 aromatic heterocycles. The first-order valence-electron chi connectivity index (χ1n) is 33.7. The summed E-state index contributed by atoms with van der Waals surface area (Å²) in [5.41, 5.74) is 20.8. The molecule has 0 radical (unpaired) electrons. The van der Waals surface area contributed by atoms with Crippen molar-refractivity contribution < 1.29 is 22.3 Å². The van der Waals surface area contributed by atoms with Crippen molar-refractivity contribution in [3.63, 3.8) is 0 Å². The van der Waals surface area contributed by atoms with Crippen molar-refractivity contribution in [3.8, 4) is 0 Å². The molecular formula is C82H86F4N2O. The number of rotatable bonds is 12. The fourth-order valence-electron chi connectivity index (χ4n) is 19.8. The van der Waals surface area contributed by atoms with E-state index in [9.17, 15) is 0 Å². The molecule has 7 heteroatoms. The van der Waals surface area contributed by atoms with Gasteiger partial charge in [0.15, 0.2) is 12.0 Å². The number of fused-ring (bicyclic) bond motifs is 7. The van der Waals surface area contributed by atoms with Crippen molar-refractivity contribution >= 4 is 5.69 Å². The lowest BCUT2D eigenvalue weighted by molar-refractivity contribution is 0.0516. The van der Waals surface area contributed by atoms with E-state index in [-0.39, 0.29) is 77.4 Å². The summed E-state index contributed by atoms with van der Waals surface area (Å²) in [6, 6.07) is 6.96. The summed E-state index contributed by atoms with van der Waals surface area (Å²) in [6.45, 7) is 17.6. The summed E-state index contributed by atoms with van der Waals surface area (Å²) in [4.78, 5) is 4.65. The second kappa shape index (κ2) is 23.1. The quantitative estimate of drug-likeness (QED) is 0.153. The smallest absolute Gasteiger partial charge is 0.157 e. The van der Waals surface area contributed by atoms with Crippen molar-refractivity contribution in [1.29, 1.82) is 0 Å². The molecule has 3 nitrogen and oxygen atoms in total. The molecule has 0 saturated carbocycles. The van der Waals surface area contributed by atoms with E-state index in [1.165, 1.54) is 62.3 Å². The van der Waals surface area contributed by atoms with Gasteiger partial charge in [0.1, 0.15) is 11.7 Å². The van der Waals surface area contributed by atoms with Gasteiger partial charge in [-0.2, -0.15) is 0 Å². The Kier molecular flexibility index (Phi) is 15.1. The Morgan fingerprint density at radius 3 is 2.21 bits per heavy atom. The van der Waals surface area contributed by atoms with Crippen LogP contribution in [0.25, 0.3) is 0 Å². The van der Waals surface area contributed by atoms with E-state index >= 15 is 17.6 Å². The zero-order valence-corrected chi connectivity index (χ0v) is 52.5. The van der Waals surface area contributed by atoms with Crippen LogP contribution in [0.4, 0.5) is 23.2 Å². The van der Waals surface area contributed by atoms with Gasteiger partial charge in [0.25, 0.3) is 0 Å². The van der Waals surface area contributed by atoms with Crippen LogP contribution in [-0.4, -0.2) is 29.3 Å². The molecule has 0 amide bonds. The number of halogens is 4. The van der Waals surface area contributed by atoms with Gasteiger partial charge >= 0.3 is 0 Å². The van der Waals surface area contributed by atoms with Crippen LogP contribution in [-0.2, 0) is 10.2 Å². The standard InChI is InChI=1S/C82H86F4N2O/c1-7-53-21-25-55(26-22-53)81(71-41-49(3)17-19-51(71)5)69-15-11-9-13-63(69)65-35-29-59(45-73(65)81)87(61-31-37-75(83)77(85)47-61)57-33-39-79-67(43-57)68-44-58(34-40-80(68)89-79)88(62-32-38-76(84)78(86)48-62)60-30-36-66-64-14-10-12-16-70(64)82(74(66)46-60,56-27-23-54(8-2)24-28-56)72-42-50(4)18-20-52(72)6/h7-10,13-14,17-22,25,27,29-31,33,35-37,39,43-44,46,48,54-55,59,64,67-68,70-72,77,79-80H,1-2,11-12,15-16,23-24,26,28,32,34,38,40-42,45,47H2,3-6H3. The molecule has 1 aromatic rings. The number of benzene rings is 1. The molecule has 1 fully saturated rings. The average molecular weight is 1190 g/mol. The SMILES string of the molecule is C=CC1=CCC(C2(C3CC(C)=CC=C3C)C3=C(C=CCC3)C3=C2CC(N(C2=CC4C(C=C2)OC2CCC(N(C5=CC(F)=C(F)CC5)c5ccc6c(c5)C(C5=CCC(C=C)CC5)(C5CC(C)=CC=C5C)C5CCC=CC65)=CC24)C2=CC=C(F)C(F)C2)C=C3)C=C1. The van der Waals surface area contributed by atoms with Crippen LogP contribution >= 0.6 is 0 Å². The normalized spacial score (nSPS) is 35.9. The Morgan fingerprint density at radius 2 is 1.47 bits per heavy atom. The lowest BCUT2D eigenvalue weighted by atomic mass is 9.53. The predicted octanol–water partition coefficient (Wildman–Crippen LogP) is 21.2. The molecule has 0 spiro atoms. The third-order valence-electron chi connectivity index (χ3n) is 23.8. The van der Waals surface area contributed by atoms with Gasteiger partial charge in [0, 0.05) is 69.9 Å².